The Morgan fingerprint density at radius 3 is 2.80 bits per heavy atom. The first-order valence-corrected chi connectivity index (χ1v) is 9.12. The van der Waals surface area contributed by atoms with Gasteiger partial charge in [0.15, 0.2) is 5.76 Å². The predicted molar refractivity (Wildman–Crippen MR) is 94.6 cm³/mol. The second-order valence-corrected chi connectivity index (χ2v) is 7.37. The lowest BCUT2D eigenvalue weighted by Gasteiger charge is -2.56. The Labute approximate surface area is 147 Å². The number of aliphatic hydroxyl groups excluding tert-OH is 1. The molecule has 2 aliphatic rings. The number of benzene rings is 1. The zero-order chi connectivity index (χ0) is 17.6. The van der Waals surface area contributed by atoms with Crippen LogP contribution >= 0.6 is 0 Å². The van der Waals surface area contributed by atoms with Crippen LogP contribution in [0.4, 0.5) is 0 Å². The molecule has 1 aromatic carbocycles. The Morgan fingerprint density at radius 1 is 1.36 bits per heavy atom. The Bertz CT molecular complexity index is 786. The molecule has 4 rings (SSSR count). The van der Waals surface area contributed by atoms with Gasteiger partial charge in [-0.2, -0.15) is 0 Å². The summed E-state index contributed by atoms with van der Waals surface area (Å²) in [6, 6.07) is 7.75. The van der Waals surface area contributed by atoms with Crippen molar-refractivity contribution >= 4 is 16.9 Å². The molecule has 1 saturated carbocycles. The molecule has 0 unspecified atom stereocenters. The van der Waals surface area contributed by atoms with Crippen LogP contribution in [0.1, 0.15) is 42.3 Å². The van der Waals surface area contributed by atoms with Gasteiger partial charge in [0.1, 0.15) is 5.58 Å². The highest BCUT2D eigenvalue weighted by Gasteiger charge is 2.56. The fraction of sp³-hybridized carbons (Fsp3) is 0.550. The third-order valence-corrected chi connectivity index (χ3v) is 5.97. The van der Waals surface area contributed by atoms with Crippen molar-refractivity contribution in [3.63, 3.8) is 0 Å². The molecule has 2 heterocycles. The molecule has 2 aromatic rings. The number of nitrogens with zero attached hydrogens (tertiary/aromatic N) is 1. The minimum absolute atomic E-state index is 0.0644. The number of rotatable bonds is 3. The van der Waals surface area contributed by atoms with E-state index in [1.807, 2.05) is 43.0 Å². The van der Waals surface area contributed by atoms with Crippen LogP contribution in [0.15, 0.2) is 28.7 Å². The van der Waals surface area contributed by atoms with Crippen molar-refractivity contribution in [1.29, 1.82) is 0 Å². The summed E-state index contributed by atoms with van der Waals surface area (Å²) < 4.78 is 11.5. The second kappa shape index (κ2) is 6.15. The fourth-order valence-electron chi connectivity index (χ4n) is 4.37. The number of likely N-dealkylation sites (tertiary alicyclic amines) is 1. The topological polar surface area (TPSA) is 62.9 Å². The van der Waals surface area contributed by atoms with Crippen LogP contribution in [0, 0.1) is 12.3 Å². The van der Waals surface area contributed by atoms with Crippen LogP contribution in [0.25, 0.3) is 11.0 Å². The van der Waals surface area contributed by atoms with Crippen LogP contribution in [-0.2, 0) is 4.74 Å². The average molecular weight is 343 g/mol. The van der Waals surface area contributed by atoms with Crippen molar-refractivity contribution in [2.24, 2.45) is 5.41 Å². The Morgan fingerprint density at radius 2 is 2.12 bits per heavy atom. The van der Waals surface area contributed by atoms with Gasteiger partial charge < -0.3 is 19.2 Å². The minimum atomic E-state index is -0.310. The molecule has 5 nitrogen and oxygen atoms in total. The van der Waals surface area contributed by atoms with Crippen LogP contribution < -0.4 is 0 Å². The van der Waals surface area contributed by atoms with Crippen molar-refractivity contribution in [2.75, 3.05) is 19.7 Å². The number of hydrogen-bond acceptors (Lipinski definition) is 4. The quantitative estimate of drug-likeness (QED) is 0.930. The zero-order valence-electron chi connectivity index (χ0n) is 14.8. The van der Waals surface area contributed by atoms with Gasteiger partial charge in [0.05, 0.1) is 12.2 Å². The Kier molecular flexibility index (Phi) is 4.08. The van der Waals surface area contributed by atoms with E-state index in [-0.39, 0.29) is 23.5 Å². The summed E-state index contributed by atoms with van der Waals surface area (Å²) >= 11 is 0. The molecule has 5 heteroatoms. The summed E-state index contributed by atoms with van der Waals surface area (Å²) in [5.41, 5.74) is 1.72. The van der Waals surface area contributed by atoms with Crippen molar-refractivity contribution in [3.8, 4) is 0 Å². The van der Waals surface area contributed by atoms with Crippen molar-refractivity contribution in [2.45, 2.75) is 45.3 Å². The van der Waals surface area contributed by atoms with Crippen LogP contribution in [0.2, 0.25) is 0 Å². The van der Waals surface area contributed by atoms with Crippen molar-refractivity contribution in [1.82, 2.24) is 4.90 Å². The highest BCUT2D eigenvalue weighted by molar-refractivity contribution is 5.96. The molecule has 1 amide bonds. The monoisotopic (exact) mass is 343 g/mol. The summed E-state index contributed by atoms with van der Waals surface area (Å²) in [7, 11) is 0. The second-order valence-electron chi connectivity index (χ2n) is 7.37. The van der Waals surface area contributed by atoms with Gasteiger partial charge in [0.2, 0.25) is 0 Å². The molecule has 1 N–H and O–H groups in total. The molecule has 0 radical (unpaired) electrons. The molecule has 2 atom stereocenters. The smallest absolute Gasteiger partial charge is 0.289 e. The number of furan rings is 1. The number of carbonyl (C=O) groups excluding carboxylic acids is 1. The summed E-state index contributed by atoms with van der Waals surface area (Å²) in [6.07, 6.45) is 2.09. The van der Waals surface area contributed by atoms with E-state index in [0.29, 0.717) is 31.9 Å². The van der Waals surface area contributed by atoms with E-state index < -0.39 is 0 Å². The summed E-state index contributed by atoms with van der Waals surface area (Å²) in [5, 5.41) is 11.2. The number of piperidine rings is 1. The predicted octanol–water partition coefficient (Wildman–Crippen LogP) is 3.13. The molecule has 1 saturated heterocycles. The fourth-order valence-corrected chi connectivity index (χ4v) is 4.37. The molecular formula is C20H25NO4. The standard InChI is InChI=1S/C20H25NO4/c1-3-24-18-12-17(22)20(18)6-8-21(9-7-20)19(23)16-11-14-10-13(2)4-5-15(14)25-16/h4-5,10-11,17-18,22H,3,6-9,12H2,1-2H3/t17-,18+/m0/s1. The average Bonchev–Trinajstić information content (AvgIpc) is 3.04. The molecule has 0 bridgehead atoms. The minimum Gasteiger partial charge on any atom is -0.451 e. The Balaban J connectivity index is 1.47. The maximum absolute atomic E-state index is 12.8. The lowest BCUT2D eigenvalue weighted by Crippen LogP contribution is -2.62. The largest absolute Gasteiger partial charge is 0.451 e. The number of amides is 1. The normalized spacial score (nSPS) is 25.3. The van der Waals surface area contributed by atoms with Gasteiger partial charge in [-0.3, -0.25) is 4.79 Å². The summed E-state index contributed by atoms with van der Waals surface area (Å²) in [6.45, 7) is 5.95. The molecule has 1 spiro atoms. The first kappa shape index (κ1) is 16.6. The van der Waals surface area contributed by atoms with Gasteiger partial charge in [-0.05, 0) is 44.9 Å². The van der Waals surface area contributed by atoms with Crippen molar-refractivity contribution in [3.05, 3.63) is 35.6 Å². The summed E-state index contributed by atoms with van der Waals surface area (Å²) in [4.78, 5) is 14.6. The molecule has 25 heavy (non-hydrogen) atoms. The van der Waals surface area contributed by atoms with E-state index in [1.165, 1.54) is 0 Å². The van der Waals surface area contributed by atoms with E-state index in [4.69, 9.17) is 9.15 Å². The number of fused-ring (bicyclic) bond motifs is 1. The zero-order valence-corrected chi connectivity index (χ0v) is 14.8. The molecule has 1 aliphatic heterocycles. The molecule has 1 aromatic heterocycles. The van der Waals surface area contributed by atoms with Gasteiger partial charge in [0.25, 0.3) is 5.91 Å². The maximum Gasteiger partial charge on any atom is 0.289 e. The lowest BCUT2D eigenvalue weighted by atomic mass is 9.58. The number of aryl methyl sites for hydroxylation is 1. The van der Waals surface area contributed by atoms with Crippen molar-refractivity contribution < 1.29 is 19.1 Å². The van der Waals surface area contributed by atoms with Crippen LogP contribution in [-0.4, -0.2) is 47.8 Å². The van der Waals surface area contributed by atoms with E-state index in [2.05, 4.69) is 0 Å². The number of aliphatic hydroxyl groups is 1. The maximum atomic E-state index is 12.8. The molecule has 1 aliphatic carbocycles. The van der Waals surface area contributed by atoms with Gasteiger partial charge in [-0.25, -0.2) is 0 Å². The molecular weight excluding hydrogens is 318 g/mol. The first-order chi connectivity index (χ1) is 12.0. The number of carbonyl (C=O) groups is 1. The van der Waals surface area contributed by atoms with Gasteiger partial charge in [0, 0.05) is 36.9 Å². The molecule has 134 valence electrons. The van der Waals surface area contributed by atoms with Gasteiger partial charge in [-0.15, -0.1) is 0 Å². The van der Waals surface area contributed by atoms with E-state index in [1.54, 1.807) is 0 Å². The third kappa shape index (κ3) is 2.66. The van der Waals surface area contributed by atoms with Crippen LogP contribution in [0.3, 0.4) is 0 Å². The lowest BCUT2D eigenvalue weighted by molar-refractivity contribution is -0.207. The first-order valence-electron chi connectivity index (χ1n) is 9.12. The van der Waals surface area contributed by atoms with Gasteiger partial charge in [-0.1, -0.05) is 11.6 Å². The number of hydrogen-bond donors (Lipinski definition) is 1. The molecule has 2 fully saturated rings. The Hall–Kier alpha value is -1.85. The summed E-state index contributed by atoms with van der Waals surface area (Å²) in [5.74, 6) is 0.331. The SMILES string of the molecule is CCO[C@@H]1C[C@H](O)C12CCN(C(=O)c1cc3cc(C)ccc3o1)CC2. The van der Waals surface area contributed by atoms with E-state index >= 15 is 0 Å². The highest BCUT2D eigenvalue weighted by atomic mass is 16.5. The number of ether oxygens (including phenoxy) is 1. The highest BCUT2D eigenvalue weighted by Crippen LogP contribution is 2.51. The van der Waals surface area contributed by atoms with E-state index in [9.17, 15) is 9.90 Å². The third-order valence-electron chi connectivity index (χ3n) is 5.97. The van der Waals surface area contributed by atoms with Gasteiger partial charge >= 0.3 is 0 Å². The van der Waals surface area contributed by atoms with Crippen LogP contribution in [0.5, 0.6) is 0 Å². The van der Waals surface area contributed by atoms with E-state index in [0.717, 1.165) is 29.4 Å².